The fourth-order valence-electron chi connectivity index (χ4n) is 2.63. The molecule has 1 unspecified atom stereocenters. The van der Waals surface area contributed by atoms with Gasteiger partial charge in [0, 0.05) is 17.3 Å². The maximum Gasteiger partial charge on any atom is 0.337 e. The number of nitrogens with zero attached hydrogens (tertiary/aromatic N) is 2. The number of methoxy groups -OCH3 is 1. The highest BCUT2D eigenvalue weighted by atomic mass is 16.5. The van der Waals surface area contributed by atoms with Crippen LogP contribution in [0.25, 0.3) is 11.3 Å². The van der Waals surface area contributed by atoms with Gasteiger partial charge in [0.15, 0.2) is 0 Å². The first-order valence-electron chi connectivity index (χ1n) is 8.64. The Labute approximate surface area is 161 Å². The molecule has 3 aromatic rings. The molecule has 0 saturated heterocycles. The average molecular weight is 377 g/mol. The van der Waals surface area contributed by atoms with Gasteiger partial charge >= 0.3 is 5.97 Å². The molecule has 7 heteroatoms. The summed E-state index contributed by atoms with van der Waals surface area (Å²) in [6, 6.07) is 17.9. The van der Waals surface area contributed by atoms with Crippen LogP contribution in [-0.2, 0) is 9.53 Å². The first-order valence-corrected chi connectivity index (χ1v) is 8.64. The van der Waals surface area contributed by atoms with E-state index in [2.05, 4.69) is 15.2 Å². The molecular formula is C21H19N3O4. The number of hydrogen-bond donors (Lipinski definition) is 1. The second kappa shape index (κ2) is 8.30. The van der Waals surface area contributed by atoms with Crippen LogP contribution in [0.3, 0.4) is 0 Å². The van der Waals surface area contributed by atoms with E-state index < -0.39 is 17.9 Å². The van der Waals surface area contributed by atoms with Crippen molar-refractivity contribution in [2.24, 2.45) is 0 Å². The van der Waals surface area contributed by atoms with Crippen molar-refractivity contribution in [1.29, 1.82) is 0 Å². The zero-order chi connectivity index (χ0) is 20.1. The van der Waals surface area contributed by atoms with Gasteiger partial charge in [-0.15, -0.1) is 0 Å². The Hall–Kier alpha value is -3.74. The number of rotatable bonds is 5. The van der Waals surface area contributed by atoms with Crippen LogP contribution in [0, 0.1) is 0 Å². The van der Waals surface area contributed by atoms with Gasteiger partial charge in [-0.2, -0.15) is 5.10 Å². The molecule has 1 N–H and O–H groups in total. The number of amides is 1. The Morgan fingerprint density at radius 2 is 1.68 bits per heavy atom. The van der Waals surface area contributed by atoms with E-state index in [-0.39, 0.29) is 5.56 Å². The van der Waals surface area contributed by atoms with Crippen LogP contribution in [0.5, 0.6) is 0 Å². The molecule has 1 atom stereocenters. The molecule has 0 spiro atoms. The minimum Gasteiger partial charge on any atom is -0.465 e. The van der Waals surface area contributed by atoms with E-state index in [1.807, 2.05) is 30.3 Å². The second-order valence-corrected chi connectivity index (χ2v) is 6.10. The molecule has 0 aliphatic heterocycles. The third-order valence-corrected chi connectivity index (χ3v) is 4.21. The van der Waals surface area contributed by atoms with Crippen molar-refractivity contribution >= 4 is 17.6 Å². The highest BCUT2D eigenvalue weighted by Gasteiger charge is 2.18. The summed E-state index contributed by atoms with van der Waals surface area (Å²) in [5.41, 5.74) is 1.95. The molecule has 1 heterocycles. The zero-order valence-electron chi connectivity index (χ0n) is 15.5. The topological polar surface area (TPSA) is 90.3 Å². The van der Waals surface area contributed by atoms with Gasteiger partial charge in [0.1, 0.15) is 6.04 Å². The van der Waals surface area contributed by atoms with E-state index in [1.54, 1.807) is 37.3 Å². The molecule has 1 amide bonds. The van der Waals surface area contributed by atoms with Crippen molar-refractivity contribution in [3.8, 4) is 11.3 Å². The predicted molar refractivity (Wildman–Crippen MR) is 105 cm³/mol. The number of aromatic nitrogens is 2. The van der Waals surface area contributed by atoms with Crippen LogP contribution in [0.15, 0.2) is 71.5 Å². The van der Waals surface area contributed by atoms with E-state index in [9.17, 15) is 14.4 Å². The Balaban J connectivity index is 1.79. The minimum absolute atomic E-state index is 0.372. The van der Waals surface area contributed by atoms with E-state index >= 15 is 0 Å². The number of ether oxygens (including phenoxy) is 1. The third kappa shape index (κ3) is 4.15. The Morgan fingerprint density at radius 3 is 2.32 bits per heavy atom. The first kappa shape index (κ1) is 19.0. The second-order valence-electron chi connectivity index (χ2n) is 6.10. The van der Waals surface area contributed by atoms with Gasteiger partial charge in [-0.25, -0.2) is 9.48 Å². The van der Waals surface area contributed by atoms with Crippen molar-refractivity contribution in [2.45, 2.75) is 13.0 Å². The highest BCUT2D eigenvalue weighted by molar-refractivity contribution is 5.94. The number of hydrogen-bond acceptors (Lipinski definition) is 5. The van der Waals surface area contributed by atoms with Crippen LogP contribution < -0.4 is 10.9 Å². The lowest BCUT2D eigenvalue weighted by molar-refractivity contribution is -0.119. The maximum absolute atomic E-state index is 12.6. The van der Waals surface area contributed by atoms with E-state index in [0.29, 0.717) is 16.9 Å². The lowest BCUT2D eigenvalue weighted by Gasteiger charge is -2.15. The summed E-state index contributed by atoms with van der Waals surface area (Å²) in [5, 5.41) is 7.06. The number of anilines is 1. The summed E-state index contributed by atoms with van der Waals surface area (Å²) in [6.45, 7) is 1.60. The first-order chi connectivity index (χ1) is 13.5. The lowest BCUT2D eigenvalue weighted by atomic mass is 10.1. The Bertz CT molecular complexity index is 1040. The average Bonchev–Trinajstić information content (AvgIpc) is 2.74. The number of benzene rings is 2. The molecule has 7 nitrogen and oxygen atoms in total. The van der Waals surface area contributed by atoms with Gasteiger partial charge in [0.05, 0.1) is 18.4 Å². The zero-order valence-corrected chi connectivity index (χ0v) is 15.5. The fraction of sp³-hybridized carbons (Fsp3) is 0.143. The minimum atomic E-state index is -0.823. The van der Waals surface area contributed by atoms with Crippen LogP contribution in [0.1, 0.15) is 23.3 Å². The number of carbonyl (C=O) groups excluding carboxylic acids is 2. The molecule has 0 aliphatic carbocycles. The molecule has 142 valence electrons. The molecule has 3 rings (SSSR count). The molecule has 0 saturated carbocycles. The van der Waals surface area contributed by atoms with Gasteiger partial charge in [0.25, 0.3) is 5.56 Å². The maximum atomic E-state index is 12.6. The molecule has 0 radical (unpaired) electrons. The molecular weight excluding hydrogens is 358 g/mol. The van der Waals surface area contributed by atoms with Crippen molar-refractivity contribution in [3.63, 3.8) is 0 Å². The van der Waals surface area contributed by atoms with Gasteiger partial charge in [-0.3, -0.25) is 9.59 Å². The molecule has 28 heavy (non-hydrogen) atoms. The highest BCUT2D eigenvalue weighted by Crippen LogP contribution is 2.16. The summed E-state index contributed by atoms with van der Waals surface area (Å²) in [7, 11) is 1.30. The summed E-state index contributed by atoms with van der Waals surface area (Å²) in [6.07, 6.45) is 0. The number of nitrogens with one attached hydrogen (secondary N) is 1. The van der Waals surface area contributed by atoms with Gasteiger partial charge in [-0.05, 0) is 37.3 Å². The molecule has 0 aliphatic rings. The predicted octanol–water partition coefficient (Wildman–Crippen LogP) is 2.90. The van der Waals surface area contributed by atoms with Gasteiger partial charge in [-0.1, -0.05) is 30.3 Å². The van der Waals surface area contributed by atoms with Gasteiger partial charge < -0.3 is 10.1 Å². The van der Waals surface area contributed by atoms with Crippen molar-refractivity contribution in [2.75, 3.05) is 12.4 Å². The summed E-state index contributed by atoms with van der Waals surface area (Å²) in [5.74, 6) is -0.856. The molecule has 0 fully saturated rings. The summed E-state index contributed by atoms with van der Waals surface area (Å²) < 4.78 is 5.79. The normalized spacial score (nSPS) is 11.5. The lowest BCUT2D eigenvalue weighted by Crippen LogP contribution is -2.33. The van der Waals surface area contributed by atoms with E-state index in [4.69, 9.17) is 0 Å². The van der Waals surface area contributed by atoms with Crippen LogP contribution in [0.4, 0.5) is 5.69 Å². The van der Waals surface area contributed by atoms with Crippen molar-refractivity contribution < 1.29 is 14.3 Å². The smallest absolute Gasteiger partial charge is 0.337 e. The van der Waals surface area contributed by atoms with Crippen molar-refractivity contribution in [1.82, 2.24) is 9.78 Å². The number of carbonyl (C=O) groups is 2. The molecule has 1 aromatic heterocycles. The quantitative estimate of drug-likeness (QED) is 0.691. The molecule has 2 aromatic carbocycles. The van der Waals surface area contributed by atoms with Crippen molar-refractivity contribution in [3.05, 3.63) is 82.6 Å². The largest absolute Gasteiger partial charge is 0.465 e. The SMILES string of the molecule is COC(=O)c1ccc(NC(=O)C(C)n2nc(-c3ccccc3)ccc2=O)cc1. The monoisotopic (exact) mass is 377 g/mol. The standard InChI is InChI=1S/C21H19N3O4/c1-14(20(26)22-17-10-8-16(9-11-17)21(27)28-2)24-19(25)13-12-18(23-24)15-6-4-3-5-7-15/h3-14H,1-2H3,(H,22,26). The van der Waals surface area contributed by atoms with Crippen LogP contribution in [-0.4, -0.2) is 28.8 Å². The third-order valence-electron chi connectivity index (χ3n) is 4.21. The van der Waals surface area contributed by atoms with E-state index in [1.165, 1.54) is 13.2 Å². The fourth-order valence-corrected chi connectivity index (χ4v) is 2.63. The number of esters is 1. The van der Waals surface area contributed by atoms with Crippen LogP contribution >= 0.6 is 0 Å². The Morgan fingerprint density at radius 1 is 1.00 bits per heavy atom. The Kier molecular flexibility index (Phi) is 5.64. The molecule has 0 bridgehead atoms. The summed E-state index contributed by atoms with van der Waals surface area (Å²) >= 11 is 0. The summed E-state index contributed by atoms with van der Waals surface area (Å²) in [4.78, 5) is 36.3. The van der Waals surface area contributed by atoms with Gasteiger partial charge in [0.2, 0.25) is 5.91 Å². The van der Waals surface area contributed by atoms with Crippen LogP contribution in [0.2, 0.25) is 0 Å². The van der Waals surface area contributed by atoms with E-state index in [0.717, 1.165) is 10.2 Å².